The molecule has 3 aromatic rings. The molecule has 2 fully saturated rings. The number of benzene rings is 2. The molecule has 6 nitrogen and oxygen atoms in total. The normalized spacial score (nSPS) is 20.3. The summed E-state index contributed by atoms with van der Waals surface area (Å²) >= 11 is 3.61. The number of aromatic nitrogens is 1. The number of ether oxygens (including phenoxy) is 1. The zero-order valence-corrected chi connectivity index (χ0v) is 21.5. The minimum Gasteiger partial charge on any atom is -0.381 e. The smallest absolute Gasteiger partial charge is 0.250 e. The van der Waals surface area contributed by atoms with Crippen LogP contribution in [0.5, 0.6) is 0 Å². The summed E-state index contributed by atoms with van der Waals surface area (Å²) in [5.41, 5.74) is 4.03. The number of hydrogen-bond donors (Lipinski definition) is 2. The minimum atomic E-state index is -0.0699. The number of likely N-dealkylation sites (N-methyl/N-ethyl adjacent to an activating group) is 1. The summed E-state index contributed by atoms with van der Waals surface area (Å²) in [4.78, 5) is 25.3. The van der Waals surface area contributed by atoms with E-state index in [4.69, 9.17) is 4.74 Å². The molecule has 6 rings (SSSR count). The van der Waals surface area contributed by atoms with Crippen molar-refractivity contribution in [3.63, 3.8) is 0 Å². The third kappa shape index (κ3) is 4.98. The van der Waals surface area contributed by atoms with Crippen LogP contribution in [-0.4, -0.2) is 62.4 Å². The number of aromatic amines is 1. The lowest BCUT2D eigenvalue weighted by Crippen LogP contribution is -2.39. The van der Waals surface area contributed by atoms with Crippen molar-refractivity contribution in [2.24, 2.45) is 0 Å². The molecule has 2 N–H and O–H groups in total. The third-order valence-corrected chi connectivity index (χ3v) is 9.44. The number of anilines is 2. The number of pyridine rings is 1. The number of piperidine rings is 1. The van der Waals surface area contributed by atoms with E-state index in [0.29, 0.717) is 19.3 Å². The maximum absolute atomic E-state index is 12.6. The predicted octanol–water partition coefficient (Wildman–Crippen LogP) is 5.00. The summed E-state index contributed by atoms with van der Waals surface area (Å²) < 4.78 is 5.49. The van der Waals surface area contributed by atoms with Crippen molar-refractivity contribution in [2.45, 2.75) is 38.5 Å². The first-order valence-electron chi connectivity index (χ1n) is 12.3. The number of H-pyrrole nitrogens is 1. The van der Waals surface area contributed by atoms with E-state index in [2.05, 4.69) is 69.6 Å². The van der Waals surface area contributed by atoms with Crippen LogP contribution in [-0.2, 0) is 4.74 Å². The van der Waals surface area contributed by atoms with Gasteiger partial charge in [-0.25, -0.2) is 0 Å². The molecule has 0 radical (unpaired) electrons. The van der Waals surface area contributed by atoms with Crippen molar-refractivity contribution in [1.82, 2.24) is 9.88 Å². The zero-order chi connectivity index (χ0) is 23.8. The summed E-state index contributed by atoms with van der Waals surface area (Å²) in [6.45, 7) is 5.28. The van der Waals surface area contributed by atoms with Gasteiger partial charge in [0.05, 0.1) is 18.9 Å². The average Bonchev–Trinajstić information content (AvgIpc) is 2.87. The quantitative estimate of drug-likeness (QED) is 0.404. The van der Waals surface area contributed by atoms with Crippen LogP contribution < -0.4 is 15.8 Å². The number of fused-ring (bicyclic) bond motifs is 2. The molecule has 2 aromatic carbocycles. The maximum Gasteiger partial charge on any atom is 0.250 e. The monoisotopic (exact) mass is 506 g/mol. The highest BCUT2D eigenvalue weighted by Gasteiger charge is 2.23. The molecule has 4 heterocycles. The van der Waals surface area contributed by atoms with Gasteiger partial charge in [-0.1, -0.05) is 35.7 Å². The maximum atomic E-state index is 12.6. The van der Waals surface area contributed by atoms with E-state index in [-0.39, 0.29) is 5.56 Å². The zero-order valence-electron chi connectivity index (χ0n) is 19.9. The fourth-order valence-electron chi connectivity index (χ4n) is 5.10. The van der Waals surface area contributed by atoms with Crippen molar-refractivity contribution >= 4 is 34.9 Å². The molecule has 1 unspecified atom stereocenters. The predicted molar refractivity (Wildman–Crippen MR) is 144 cm³/mol. The standard InChI is InChI=1S/C27H30N4O2S2/c1-30-9-3-4-19(17-30)28-18-7-8-23-25(14-18)34-24-6-2-5-21(27(24)35-23)22-15-20(16-26(32)29-22)31-10-12-33-13-11-31/h2,5-8,14-16,19,28H,3-4,9-13,17H2,1H3,(H,29,32). The summed E-state index contributed by atoms with van der Waals surface area (Å²) in [5, 5.41) is 3.75. The lowest BCUT2D eigenvalue weighted by atomic mass is 10.1. The molecule has 0 aliphatic carbocycles. The first-order chi connectivity index (χ1) is 17.1. The van der Waals surface area contributed by atoms with Gasteiger partial charge in [-0.3, -0.25) is 4.79 Å². The van der Waals surface area contributed by atoms with Crippen LogP contribution in [0, 0.1) is 0 Å². The molecular formula is C27H30N4O2S2. The van der Waals surface area contributed by atoms with E-state index in [1.165, 1.54) is 44.7 Å². The van der Waals surface area contributed by atoms with Gasteiger partial charge >= 0.3 is 0 Å². The van der Waals surface area contributed by atoms with Gasteiger partial charge in [-0.15, -0.1) is 0 Å². The van der Waals surface area contributed by atoms with Crippen LogP contribution in [0.2, 0.25) is 0 Å². The number of rotatable bonds is 4. The molecule has 3 aliphatic heterocycles. The van der Waals surface area contributed by atoms with Gasteiger partial charge in [-0.05, 0) is 56.8 Å². The van der Waals surface area contributed by atoms with Crippen LogP contribution >= 0.6 is 23.5 Å². The van der Waals surface area contributed by atoms with E-state index in [0.717, 1.165) is 36.6 Å². The van der Waals surface area contributed by atoms with Crippen LogP contribution in [0.4, 0.5) is 11.4 Å². The van der Waals surface area contributed by atoms with Crippen LogP contribution in [0.1, 0.15) is 12.8 Å². The Hall–Kier alpha value is -2.39. The number of nitrogens with zero attached hydrogens (tertiary/aromatic N) is 2. The topological polar surface area (TPSA) is 60.6 Å². The molecule has 1 aromatic heterocycles. The van der Waals surface area contributed by atoms with Crippen molar-refractivity contribution in [1.29, 1.82) is 0 Å². The first kappa shape index (κ1) is 23.0. The van der Waals surface area contributed by atoms with Gasteiger partial charge in [0.1, 0.15) is 0 Å². The van der Waals surface area contributed by atoms with E-state index in [1.807, 2.05) is 11.8 Å². The van der Waals surface area contributed by atoms with Crippen LogP contribution in [0.25, 0.3) is 11.3 Å². The van der Waals surface area contributed by atoms with Crippen LogP contribution in [0.3, 0.4) is 0 Å². The van der Waals surface area contributed by atoms with Gasteiger partial charge < -0.3 is 24.8 Å². The van der Waals surface area contributed by atoms with E-state index < -0.39 is 0 Å². The second-order valence-corrected chi connectivity index (χ2v) is 11.6. The molecular weight excluding hydrogens is 476 g/mol. The lowest BCUT2D eigenvalue weighted by molar-refractivity contribution is 0.122. The Morgan fingerprint density at radius 1 is 1.00 bits per heavy atom. The Balaban J connectivity index is 1.28. The molecule has 3 aliphatic rings. The van der Waals surface area contributed by atoms with Gasteiger partial charge in [0.15, 0.2) is 0 Å². The molecule has 1 atom stereocenters. The van der Waals surface area contributed by atoms with E-state index in [9.17, 15) is 4.79 Å². The summed E-state index contributed by atoms with van der Waals surface area (Å²) in [6, 6.07) is 17.4. The molecule has 8 heteroatoms. The molecule has 35 heavy (non-hydrogen) atoms. The second kappa shape index (κ2) is 9.93. The van der Waals surface area contributed by atoms with Crippen LogP contribution in [0.15, 0.2) is 72.9 Å². The van der Waals surface area contributed by atoms with Crippen molar-refractivity contribution in [3.05, 3.63) is 58.9 Å². The highest BCUT2D eigenvalue weighted by atomic mass is 32.2. The summed E-state index contributed by atoms with van der Waals surface area (Å²) in [7, 11) is 2.20. The summed E-state index contributed by atoms with van der Waals surface area (Å²) in [5.74, 6) is 0. The molecule has 0 amide bonds. The highest BCUT2D eigenvalue weighted by molar-refractivity contribution is 8.05. The number of morpholine rings is 1. The average molecular weight is 507 g/mol. The SMILES string of the molecule is CN1CCCC(Nc2ccc3c(c2)Sc2cccc(-c4cc(N5CCOCC5)cc(=O)[nH]4)c2S3)C1. The second-order valence-electron chi connectivity index (χ2n) is 9.46. The lowest BCUT2D eigenvalue weighted by Gasteiger charge is -2.31. The van der Waals surface area contributed by atoms with Crippen molar-refractivity contribution in [2.75, 3.05) is 56.7 Å². The number of likely N-dealkylation sites (tertiary alicyclic amines) is 1. The largest absolute Gasteiger partial charge is 0.381 e. The number of hydrogen-bond acceptors (Lipinski definition) is 7. The molecule has 0 spiro atoms. The Kier molecular flexibility index (Phi) is 6.54. The van der Waals surface area contributed by atoms with Gasteiger partial charge in [0.2, 0.25) is 5.56 Å². The summed E-state index contributed by atoms with van der Waals surface area (Å²) in [6.07, 6.45) is 2.46. The van der Waals surface area contributed by atoms with Gasteiger partial charge in [0.25, 0.3) is 0 Å². The first-order valence-corrected chi connectivity index (χ1v) is 13.9. The van der Waals surface area contributed by atoms with Crippen molar-refractivity contribution < 1.29 is 4.74 Å². The van der Waals surface area contributed by atoms with Gasteiger partial charge in [0, 0.05) is 68.3 Å². The fourth-order valence-corrected chi connectivity index (χ4v) is 7.51. The minimum absolute atomic E-state index is 0.0699. The van der Waals surface area contributed by atoms with Gasteiger partial charge in [-0.2, -0.15) is 0 Å². The van der Waals surface area contributed by atoms with E-state index >= 15 is 0 Å². The van der Waals surface area contributed by atoms with Crippen molar-refractivity contribution in [3.8, 4) is 11.3 Å². The Labute approximate surface area is 214 Å². The van der Waals surface area contributed by atoms with E-state index in [1.54, 1.807) is 17.8 Å². The highest BCUT2D eigenvalue weighted by Crippen LogP contribution is 2.52. The molecule has 182 valence electrons. The third-order valence-electron chi connectivity index (χ3n) is 6.85. The Morgan fingerprint density at radius 2 is 1.89 bits per heavy atom. The Morgan fingerprint density at radius 3 is 2.74 bits per heavy atom. The fraction of sp³-hybridized carbons (Fsp3) is 0.370. The molecule has 0 bridgehead atoms. The number of nitrogens with one attached hydrogen (secondary N) is 2. The molecule has 0 saturated carbocycles. The molecule has 2 saturated heterocycles. The Bertz CT molecular complexity index is 1290.